The molecular weight excluding hydrogens is 327 g/mol. The van der Waals surface area contributed by atoms with Gasteiger partial charge in [-0.05, 0) is 33.8 Å². The van der Waals surface area contributed by atoms with E-state index >= 15 is 0 Å². The summed E-state index contributed by atoms with van der Waals surface area (Å²) < 4.78 is 1.89. The number of nitrogens with zero attached hydrogens (tertiary/aromatic N) is 2. The third-order valence-electron chi connectivity index (χ3n) is 2.53. The normalized spacial score (nSPS) is 10.3. The molecule has 3 nitrogen and oxygen atoms in total. The molecule has 1 heterocycles. The number of rotatable bonds is 3. The summed E-state index contributed by atoms with van der Waals surface area (Å²) in [6.45, 7) is 8.17. The molecule has 0 radical (unpaired) electrons. The van der Waals surface area contributed by atoms with Crippen LogP contribution in [0.5, 0.6) is 0 Å². The topological polar surface area (TPSA) is 24.2 Å². The van der Waals surface area contributed by atoms with Crippen molar-refractivity contribution in [2.24, 2.45) is 7.05 Å². The summed E-state index contributed by atoms with van der Waals surface area (Å²) in [6.07, 6.45) is 3.78. The number of carbonyl (C=O) groups excluding carboxylic acids is 1. The third-order valence-corrected chi connectivity index (χ3v) is 2.53. The van der Waals surface area contributed by atoms with Gasteiger partial charge < -0.3 is 28.9 Å². The predicted molar refractivity (Wildman–Crippen MR) is 64.1 cm³/mol. The molecular formula is C13H21IN2O. The van der Waals surface area contributed by atoms with Gasteiger partial charge in [0, 0.05) is 18.2 Å². The molecule has 0 spiro atoms. The molecule has 4 heteroatoms. The van der Waals surface area contributed by atoms with E-state index in [-0.39, 0.29) is 42.0 Å². The fourth-order valence-electron chi connectivity index (χ4n) is 1.93. The van der Waals surface area contributed by atoms with Gasteiger partial charge in [-0.15, -0.1) is 0 Å². The Hall–Kier alpha value is -0.650. The zero-order chi connectivity index (χ0) is 12.3. The van der Waals surface area contributed by atoms with Gasteiger partial charge in [0.2, 0.25) is 0 Å². The van der Waals surface area contributed by atoms with Crippen molar-refractivity contribution in [3.63, 3.8) is 0 Å². The molecule has 1 rings (SSSR count). The van der Waals surface area contributed by atoms with Gasteiger partial charge in [-0.1, -0.05) is 0 Å². The van der Waals surface area contributed by atoms with Crippen molar-refractivity contribution in [3.8, 4) is 0 Å². The molecule has 0 fully saturated rings. The van der Waals surface area contributed by atoms with Crippen molar-refractivity contribution in [1.29, 1.82) is 0 Å². The van der Waals surface area contributed by atoms with Gasteiger partial charge in [0.1, 0.15) is 12.6 Å². The number of pyridine rings is 1. The number of hydrogen-bond acceptors (Lipinski definition) is 1. The quantitative estimate of drug-likeness (QED) is 0.496. The fraction of sp³-hybridized carbons (Fsp3) is 0.538. The minimum Gasteiger partial charge on any atom is -1.00 e. The molecule has 0 saturated heterocycles. The maximum absolute atomic E-state index is 12.3. The second-order valence-electron chi connectivity index (χ2n) is 4.66. The van der Waals surface area contributed by atoms with E-state index in [4.69, 9.17) is 0 Å². The molecule has 0 aliphatic carbocycles. The lowest BCUT2D eigenvalue weighted by atomic mass is 10.1. The van der Waals surface area contributed by atoms with Crippen LogP contribution in [0.1, 0.15) is 38.1 Å². The van der Waals surface area contributed by atoms with Crippen LogP contribution in [0.25, 0.3) is 0 Å². The molecule has 0 N–H and O–H groups in total. The van der Waals surface area contributed by atoms with Gasteiger partial charge in [-0.2, -0.15) is 0 Å². The van der Waals surface area contributed by atoms with Crippen molar-refractivity contribution in [3.05, 3.63) is 30.1 Å². The second kappa shape index (κ2) is 6.93. The van der Waals surface area contributed by atoms with Crippen LogP contribution in [0.3, 0.4) is 0 Å². The number of amides is 1. The molecule has 0 aliphatic rings. The zero-order valence-corrected chi connectivity index (χ0v) is 13.3. The first-order valence-electron chi connectivity index (χ1n) is 5.71. The first-order chi connectivity index (χ1) is 7.43. The largest absolute Gasteiger partial charge is 1.00 e. The lowest BCUT2D eigenvalue weighted by Gasteiger charge is -2.30. The number of carbonyl (C=O) groups is 1. The van der Waals surface area contributed by atoms with Gasteiger partial charge in [0.15, 0.2) is 12.4 Å². The van der Waals surface area contributed by atoms with Crippen LogP contribution < -0.4 is 28.5 Å². The van der Waals surface area contributed by atoms with Gasteiger partial charge in [0.25, 0.3) is 5.91 Å². The lowest BCUT2D eigenvalue weighted by molar-refractivity contribution is -0.671. The van der Waals surface area contributed by atoms with Crippen LogP contribution in [0, 0.1) is 0 Å². The van der Waals surface area contributed by atoms with E-state index in [2.05, 4.69) is 0 Å². The molecule has 0 aliphatic heterocycles. The Labute approximate surface area is 121 Å². The number of hydrogen-bond donors (Lipinski definition) is 0. The third kappa shape index (κ3) is 4.26. The van der Waals surface area contributed by atoms with Gasteiger partial charge in [0.05, 0.1) is 0 Å². The standard InChI is InChI=1S/C13H21N2O.HI/c1-10(2)15(11(3)4)13(16)12-7-6-8-14(5)9-12;/h6-11H,1-5H3;1H/q+1;/p-1. The molecule has 96 valence electrons. The Bertz CT molecular complexity index is 369. The first-order valence-corrected chi connectivity index (χ1v) is 5.71. The molecule has 17 heavy (non-hydrogen) atoms. The Balaban J connectivity index is 0.00000256. The highest BCUT2D eigenvalue weighted by Gasteiger charge is 2.22. The summed E-state index contributed by atoms with van der Waals surface area (Å²) in [7, 11) is 1.92. The van der Waals surface area contributed by atoms with E-state index in [1.54, 1.807) is 0 Å². The fourth-order valence-corrected chi connectivity index (χ4v) is 1.93. The Morgan fingerprint density at radius 2 is 1.76 bits per heavy atom. The SMILES string of the molecule is CC(C)N(C(=O)c1ccc[n+](C)c1)C(C)C.[I-]. The molecule has 0 aromatic carbocycles. The average molecular weight is 348 g/mol. The zero-order valence-electron chi connectivity index (χ0n) is 11.1. The van der Waals surface area contributed by atoms with Crippen LogP contribution in [-0.4, -0.2) is 22.9 Å². The van der Waals surface area contributed by atoms with Crippen LogP contribution in [0.15, 0.2) is 24.5 Å². The average Bonchev–Trinajstić information content (AvgIpc) is 2.16. The summed E-state index contributed by atoms with van der Waals surface area (Å²) in [5.74, 6) is 0.0983. The highest BCUT2D eigenvalue weighted by atomic mass is 127. The molecule has 0 bridgehead atoms. The number of halogens is 1. The maximum Gasteiger partial charge on any atom is 0.260 e. The molecule has 1 amide bonds. The smallest absolute Gasteiger partial charge is 0.260 e. The van der Waals surface area contributed by atoms with Crippen LogP contribution in [-0.2, 0) is 7.05 Å². The van der Waals surface area contributed by atoms with E-state index in [1.807, 2.05) is 68.7 Å². The summed E-state index contributed by atoms with van der Waals surface area (Å²) in [5, 5.41) is 0. The maximum atomic E-state index is 12.3. The predicted octanol–water partition coefficient (Wildman–Crippen LogP) is -1.23. The van der Waals surface area contributed by atoms with Gasteiger partial charge >= 0.3 is 0 Å². The van der Waals surface area contributed by atoms with Crippen molar-refractivity contribution in [1.82, 2.24) is 4.90 Å². The molecule has 0 saturated carbocycles. The van der Waals surface area contributed by atoms with Gasteiger partial charge in [-0.25, -0.2) is 4.57 Å². The van der Waals surface area contributed by atoms with Crippen molar-refractivity contribution in [2.45, 2.75) is 39.8 Å². The second-order valence-corrected chi connectivity index (χ2v) is 4.66. The van der Waals surface area contributed by atoms with E-state index in [9.17, 15) is 4.79 Å². The monoisotopic (exact) mass is 348 g/mol. The van der Waals surface area contributed by atoms with Crippen LogP contribution in [0.4, 0.5) is 0 Å². The van der Waals surface area contributed by atoms with E-state index in [1.165, 1.54) is 0 Å². The number of aryl methyl sites for hydroxylation is 1. The van der Waals surface area contributed by atoms with E-state index in [0.717, 1.165) is 5.56 Å². The Kier molecular flexibility index (Phi) is 6.67. The van der Waals surface area contributed by atoms with Crippen molar-refractivity contribution in [2.75, 3.05) is 0 Å². The first kappa shape index (κ1) is 16.4. The Morgan fingerprint density at radius 3 is 2.18 bits per heavy atom. The van der Waals surface area contributed by atoms with Crippen LogP contribution >= 0.6 is 0 Å². The summed E-state index contributed by atoms with van der Waals surface area (Å²) in [5.41, 5.74) is 0.743. The van der Waals surface area contributed by atoms with E-state index in [0.29, 0.717) is 0 Å². The highest BCUT2D eigenvalue weighted by Crippen LogP contribution is 2.10. The highest BCUT2D eigenvalue weighted by molar-refractivity contribution is 5.94. The molecule has 1 aromatic heterocycles. The summed E-state index contributed by atoms with van der Waals surface area (Å²) >= 11 is 0. The van der Waals surface area contributed by atoms with E-state index < -0.39 is 0 Å². The molecule has 0 atom stereocenters. The minimum absolute atomic E-state index is 0. The molecule has 0 unspecified atom stereocenters. The minimum atomic E-state index is 0. The number of aromatic nitrogens is 1. The van der Waals surface area contributed by atoms with Gasteiger partial charge in [-0.3, -0.25) is 4.79 Å². The van der Waals surface area contributed by atoms with Crippen LogP contribution in [0.2, 0.25) is 0 Å². The Morgan fingerprint density at radius 1 is 1.24 bits per heavy atom. The summed E-state index contributed by atoms with van der Waals surface area (Å²) in [4.78, 5) is 14.2. The lowest BCUT2D eigenvalue weighted by Crippen LogP contribution is -3.00. The molecule has 1 aromatic rings. The van der Waals surface area contributed by atoms with Crippen molar-refractivity contribution >= 4 is 5.91 Å². The van der Waals surface area contributed by atoms with Crippen molar-refractivity contribution < 1.29 is 33.3 Å². The summed E-state index contributed by atoms with van der Waals surface area (Å²) in [6, 6.07) is 4.20.